The first-order valence-electron chi connectivity index (χ1n) is 13.6. The number of benzene rings is 1. The summed E-state index contributed by atoms with van der Waals surface area (Å²) < 4.78 is 28.2. The van der Waals surface area contributed by atoms with Gasteiger partial charge >= 0.3 is 0 Å². The molecule has 12 heteroatoms. The van der Waals surface area contributed by atoms with Gasteiger partial charge in [0.15, 0.2) is 0 Å². The van der Waals surface area contributed by atoms with E-state index in [-0.39, 0.29) is 36.2 Å². The summed E-state index contributed by atoms with van der Waals surface area (Å²) in [5.74, 6) is -0.344. The average Bonchev–Trinajstić information content (AvgIpc) is 3.40. The van der Waals surface area contributed by atoms with Crippen molar-refractivity contribution in [3.8, 4) is 0 Å². The molecular weight excluding hydrogens is 572 g/mol. The van der Waals surface area contributed by atoms with Crippen molar-refractivity contribution < 1.29 is 22.8 Å². The minimum atomic E-state index is -3.87. The van der Waals surface area contributed by atoms with Crippen LogP contribution in [0, 0.1) is 5.92 Å². The Morgan fingerprint density at radius 1 is 1.07 bits per heavy atom. The Morgan fingerprint density at radius 2 is 1.85 bits per heavy atom. The van der Waals surface area contributed by atoms with Crippen LogP contribution in [0.25, 0.3) is 6.08 Å². The van der Waals surface area contributed by atoms with Gasteiger partial charge in [0.05, 0.1) is 10.9 Å². The van der Waals surface area contributed by atoms with Crippen LogP contribution in [0.4, 0.5) is 0 Å². The van der Waals surface area contributed by atoms with Crippen molar-refractivity contribution in [3.05, 3.63) is 62.6 Å². The zero-order valence-electron chi connectivity index (χ0n) is 22.0. The van der Waals surface area contributed by atoms with Crippen molar-refractivity contribution in [2.45, 2.75) is 50.1 Å². The fourth-order valence-corrected chi connectivity index (χ4v) is 7.62. The fraction of sp³-hybridized carbons (Fsp3) is 0.464. The number of hydrogen-bond donors (Lipinski definition) is 2. The van der Waals surface area contributed by atoms with E-state index in [0.717, 1.165) is 24.7 Å². The minimum Gasteiger partial charge on any atom is -0.354 e. The third kappa shape index (κ3) is 7.12. The molecule has 1 aromatic heterocycles. The summed E-state index contributed by atoms with van der Waals surface area (Å²) in [5.41, 5.74) is 1.18. The molecule has 0 radical (unpaired) electrons. The van der Waals surface area contributed by atoms with E-state index in [1.807, 2.05) is 30.3 Å². The quantitative estimate of drug-likeness (QED) is 0.432. The highest BCUT2D eigenvalue weighted by atomic mass is 35.5. The molecule has 2 aromatic rings. The lowest BCUT2D eigenvalue weighted by atomic mass is 10.1. The molecule has 0 spiro atoms. The molecule has 9 nitrogen and oxygen atoms in total. The topological polar surface area (TPSA) is 116 Å². The summed E-state index contributed by atoms with van der Waals surface area (Å²) in [6.07, 6.45) is 4.84. The maximum absolute atomic E-state index is 13.2. The zero-order valence-corrected chi connectivity index (χ0v) is 24.4. The normalized spacial score (nSPS) is 25.0. The lowest BCUT2D eigenvalue weighted by molar-refractivity contribution is -0.143. The summed E-state index contributed by atoms with van der Waals surface area (Å²) in [4.78, 5) is 42.9. The number of thiophene rings is 1. The lowest BCUT2D eigenvalue weighted by Crippen LogP contribution is -2.55. The van der Waals surface area contributed by atoms with Gasteiger partial charge in [-0.25, -0.2) is 8.42 Å². The Bertz CT molecular complexity index is 1380. The van der Waals surface area contributed by atoms with Crippen LogP contribution in [-0.2, 0) is 24.4 Å². The van der Waals surface area contributed by atoms with Crippen LogP contribution in [0.3, 0.4) is 0 Å². The smallest absolute Gasteiger partial charge is 0.242 e. The van der Waals surface area contributed by atoms with Gasteiger partial charge in [-0.2, -0.15) is 4.72 Å². The van der Waals surface area contributed by atoms with E-state index >= 15 is 0 Å². The summed E-state index contributed by atoms with van der Waals surface area (Å²) in [5, 5.41) is 4.07. The fourth-order valence-electron chi connectivity index (χ4n) is 5.55. The third-order valence-corrected chi connectivity index (χ3v) is 10.0. The van der Waals surface area contributed by atoms with E-state index in [1.54, 1.807) is 17.0 Å². The van der Waals surface area contributed by atoms with Crippen molar-refractivity contribution in [1.82, 2.24) is 19.8 Å². The zero-order chi connectivity index (χ0) is 28.3. The van der Waals surface area contributed by atoms with Gasteiger partial charge in [0.25, 0.3) is 0 Å². The van der Waals surface area contributed by atoms with Crippen LogP contribution in [-0.4, -0.2) is 74.2 Å². The Morgan fingerprint density at radius 3 is 2.60 bits per heavy atom. The van der Waals surface area contributed by atoms with E-state index in [4.69, 9.17) is 11.6 Å². The van der Waals surface area contributed by atoms with E-state index in [9.17, 15) is 22.8 Å². The predicted octanol–water partition coefficient (Wildman–Crippen LogP) is 3.19. The first-order valence-corrected chi connectivity index (χ1v) is 16.3. The van der Waals surface area contributed by atoms with Crippen LogP contribution in [0.5, 0.6) is 0 Å². The van der Waals surface area contributed by atoms with Gasteiger partial charge < -0.3 is 15.1 Å². The largest absolute Gasteiger partial charge is 0.354 e. The second-order valence-corrected chi connectivity index (χ2v) is 13.9. The highest BCUT2D eigenvalue weighted by Gasteiger charge is 2.44. The highest BCUT2D eigenvalue weighted by molar-refractivity contribution is 7.92. The number of halogens is 1. The van der Waals surface area contributed by atoms with Gasteiger partial charge in [-0.15, -0.1) is 11.3 Å². The Hall–Kier alpha value is -2.73. The van der Waals surface area contributed by atoms with Crippen LogP contribution < -0.4 is 10.0 Å². The molecule has 3 aliphatic rings. The molecular formula is C28H33ClN4O5S2. The monoisotopic (exact) mass is 604 g/mol. The standard InChI is InChI=1S/C28H33ClN4O5S2/c29-25-11-10-21(39-25)12-15-40(37,38)31-24-9-5-13-32(28(24)36)18-26(34)33-14-4-8-20(33)17-30-27(35)23-16-22(23)19-6-2-1-3-7-19/h1-3,6-7,10-12,15,20,22-24,31H,4-5,8-9,13-14,16-18H2,(H,30,35)/t20-,22+,23-,24+/m1/s1. The molecule has 1 aromatic carbocycles. The molecule has 5 rings (SSSR count). The number of nitrogens with one attached hydrogen (secondary N) is 2. The summed E-state index contributed by atoms with van der Waals surface area (Å²) in [6.45, 7) is 1.25. The molecule has 1 saturated carbocycles. The van der Waals surface area contributed by atoms with Crippen molar-refractivity contribution in [1.29, 1.82) is 0 Å². The van der Waals surface area contributed by atoms with Crippen molar-refractivity contribution in [3.63, 3.8) is 0 Å². The van der Waals surface area contributed by atoms with E-state index < -0.39 is 22.0 Å². The molecule has 3 amide bonds. The van der Waals surface area contributed by atoms with E-state index in [0.29, 0.717) is 41.7 Å². The lowest BCUT2D eigenvalue weighted by Gasteiger charge is -2.34. The van der Waals surface area contributed by atoms with Crippen LogP contribution in [0.15, 0.2) is 47.9 Å². The van der Waals surface area contributed by atoms with Gasteiger partial charge in [-0.1, -0.05) is 41.9 Å². The molecule has 1 aliphatic carbocycles. The Kier molecular flexibility index (Phi) is 8.94. The number of rotatable bonds is 10. The molecule has 40 heavy (non-hydrogen) atoms. The van der Waals surface area contributed by atoms with Crippen molar-refractivity contribution in [2.75, 3.05) is 26.2 Å². The first kappa shape index (κ1) is 28.8. The number of hydrogen-bond acceptors (Lipinski definition) is 6. The minimum absolute atomic E-state index is 0.0192. The molecule has 0 unspecified atom stereocenters. The van der Waals surface area contributed by atoms with Crippen molar-refractivity contribution in [2.24, 2.45) is 5.92 Å². The molecule has 214 valence electrons. The number of carbonyl (C=O) groups is 3. The SMILES string of the molecule is O=C(NC[C@H]1CCCN1C(=O)CN1CCC[C@H](NS(=O)(=O)C=Cc2ccc(Cl)s2)C1=O)[C@@H]1C[C@H]1c1ccccc1. The number of likely N-dealkylation sites (tertiary alicyclic amines) is 2. The third-order valence-electron chi connectivity index (χ3n) is 7.73. The summed E-state index contributed by atoms with van der Waals surface area (Å²) in [6, 6.07) is 12.4. The number of carbonyl (C=O) groups excluding carboxylic acids is 3. The molecule has 2 saturated heterocycles. The molecule has 0 bridgehead atoms. The van der Waals surface area contributed by atoms with Crippen LogP contribution in [0.2, 0.25) is 4.34 Å². The van der Waals surface area contributed by atoms with Gasteiger partial charge in [0.1, 0.15) is 6.04 Å². The van der Waals surface area contributed by atoms with Gasteiger partial charge in [0.2, 0.25) is 27.7 Å². The number of piperidine rings is 1. The maximum atomic E-state index is 13.2. The average molecular weight is 605 g/mol. The van der Waals surface area contributed by atoms with Crippen molar-refractivity contribution >= 4 is 56.8 Å². The summed E-state index contributed by atoms with van der Waals surface area (Å²) in [7, 11) is -3.87. The predicted molar refractivity (Wildman–Crippen MR) is 155 cm³/mol. The maximum Gasteiger partial charge on any atom is 0.242 e. The number of sulfonamides is 1. The first-order chi connectivity index (χ1) is 19.2. The van der Waals surface area contributed by atoms with Gasteiger partial charge in [0, 0.05) is 41.9 Å². The Balaban J connectivity index is 1.11. The molecule has 2 N–H and O–H groups in total. The second kappa shape index (κ2) is 12.4. The van der Waals surface area contributed by atoms with Gasteiger partial charge in [-0.3, -0.25) is 14.4 Å². The second-order valence-electron chi connectivity index (χ2n) is 10.5. The van der Waals surface area contributed by atoms with Crippen LogP contribution >= 0.6 is 22.9 Å². The Labute approximate surface area is 243 Å². The molecule has 3 fully saturated rings. The van der Waals surface area contributed by atoms with Crippen LogP contribution in [0.1, 0.15) is 48.5 Å². The van der Waals surface area contributed by atoms with E-state index in [1.165, 1.54) is 27.9 Å². The molecule has 3 heterocycles. The number of amides is 3. The highest BCUT2D eigenvalue weighted by Crippen LogP contribution is 2.47. The number of nitrogens with zero attached hydrogens (tertiary/aromatic N) is 2. The van der Waals surface area contributed by atoms with Gasteiger partial charge in [-0.05, 0) is 61.8 Å². The summed E-state index contributed by atoms with van der Waals surface area (Å²) >= 11 is 7.14. The molecule has 2 aliphatic heterocycles. The van der Waals surface area contributed by atoms with E-state index in [2.05, 4.69) is 10.0 Å². The molecule has 4 atom stereocenters.